The fraction of sp³-hybridized carbons (Fsp3) is 0.333. The first-order valence-corrected chi connectivity index (χ1v) is 8.61. The van der Waals surface area contributed by atoms with Gasteiger partial charge in [-0.25, -0.2) is 12.7 Å². The summed E-state index contributed by atoms with van der Waals surface area (Å²) in [6.45, 7) is 1.45. The highest BCUT2D eigenvalue weighted by Gasteiger charge is 2.19. The van der Waals surface area contributed by atoms with Gasteiger partial charge in [-0.15, -0.1) is 0 Å². The van der Waals surface area contributed by atoms with Gasteiger partial charge < -0.3 is 14.3 Å². The number of carbonyl (C=O) groups excluding carboxylic acids is 1. The molecule has 0 radical (unpaired) electrons. The fourth-order valence-electron chi connectivity index (χ4n) is 2.05. The predicted molar refractivity (Wildman–Crippen MR) is 86.8 cm³/mol. The molecule has 0 spiro atoms. The molecule has 0 aromatic carbocycles. The molecule has 1 atom stereocenters. The minimum Gasteiger partial charge on any atom is -0.467 e. The third-order valence-electron chi connectivity index (χ3n) is 3.40. The first-order valence-electron chi connectivity index (χ1n) is 7.17. The molecular weight excluding hydrogens is 334 g/mol. The zero-order valence-electron chi connectivity index (χ0n) is 13.6. The predicted octanol–water partition coefficient (Wildman–Crippen LogP) is 0.569. The van der Waals surface area contributed by atoms with Crippen LogP contribution in [0.15, 0.2) is 50.8 Å². The van der Waals surface area contributed by atoms with Gasteiger partial charge in [0.25, 0.3) is 5.56 Å². The number of pyridine rings is 1. The summed E-state index contributed by atoms with van der Waals surface area (Å²) in [6, 6.07) is 5.41. The van der Waals surface area contributed by atoms with Gasteiger partial charge in [0.15, 0.2) is 0 Å². The largest absolute Gasteiger partial charge is 0.467 e. The molecule has 2 aromatic rings. The van der Waals surface area contributed by atoms with E-state index in [2.05, 4.69) is 5.32 Å². The molecule has 0 fully saturated rings. The third kappa shape index (κ3) is 3.92. The summed E-state index contributed by atoms with van der Waals surface area (Å²) < 4.78 is 31.5. The molecular formula is C15H19N3O5S. The van der Waals surface area contributed by atoms with Crippen LogP contribution in [0.4, 0.5) is 0 Å². The van der Waals surface area contributed by atoms with Crippen molar-refractivity contribution in [1.29, 1.82) is 0 Å². The lowest BCUT2D eigenvalue weighted by Gasteiger charge is -2.14. The maximum Gasteiger partial charge on any atom is 0.251 e. The second-order valence-corrected chi connectivity index (χ2v) is 7.57. The SMILES string of the molecule is C[C@H](NC(=O)Cn1cc(S(=O)(=O)N(C)C)ccc1=O)c1ccco1. The number of carbonyl (C=O) groups is 1. The Kier molecular flexibility index (Phi) is 5.25. The number of hydrogen-bond acceptors (Lipinski definition) is 5. The maximum absolute atomic E-state index is 12.1. The van der Waals surface area contributed by atoms with E-state index >= 15 is 0 Å². The Morgan fingerprint density at radius 2 is 2.04 bits per heavy atom. The van der Waals surface area contributed by atoms with Crippen molar-refractivity contribution in [2.45, 2.75) is 24.4 Å². The van der Waals surface area contributed by atoms with Crippen LogP contribution in [0, 0.1) is 0 Å². The van der Waals surface area contributed by atoms with Crippen LogP contribution in [0.2, 0.25) is 0 Å². The Balaban J connectivity index is 2.17. The minimum atomic E-state index is -3.68. The van der Waals surface area contributed by atoms with E-state index in [9.17, 15) is 18.0 Å². The van der Waals surface area contributed by atoms with Gasteiger partial charge in [-0.1, -0.05) is 0 Å². The molecule has 2 rings (SSSR count). The number of furan rings is 1. The smallest absolute Gasteiger partial charge is 0.251 e. The van der Waals surface area contributed by atoms with Gasteiger partial charge in [0, 0.05) is 26.4 Å². The van der Waals surface area contributed by atoms with E-state index in [1.165, 1.54) is 26.4 Å². The quantitative estimate of drug-likeness (QED) is 0.818. The van der Waals surface area contributed by atoms with E-state index in [-0.39, 0.29) is 17.5 Å². The highest BCUT2D eigenvalue weighted by atomic mass is 32.2. The topological polar surface area (TPSA) is 102 Å². The van der Waals surface area contributed by atoms with Gasteiger partial charge in [-0.3, -0.25) is 9.59 Å². The molecule has 24 heavy (non-hydrogen) atoms. The number of nitrogens with zero attached hydrogens (tertiary/aromatic N) is 2. The van der Waals surface area contributed by atoms with Crippen LogP contribution in [0.1, 0.15) is 18.7 Å². The summed E-state index contributed by atoms with van der Waals surface area (Å²) in [4.78, 5) is 23.9. The zero-order chi connectivity index (χ0) is 17.9. The lowest BCUT2D eigenvalue weighted by molar-refractivity contribution is -0.122. The molecule has 0 saturated carbocycles. The van der Waals surface area contributed by atoms with Gasteiger partial charge in [0.2, 0.25) is 15.9 Å². The monoisotopic (exact) mass is 353 g/mol. The van der Waals surface area contributed by atoms with Gasteiger partial charge in [0.1, 0.15) is 12.3 Å². The Morgan fingerprint density at radius 1 is 1.33 bits per heavy atom. The maximum atomic E-state index is 12.1. The van der Waals surface area contributed by atoms with E-state index in [1.807, 2.05) is 0 Å². The van der Waals surface area contributed by atoms with Crippen LogP contribution < -0.4 is 10.9 Å². The Labute approximate surface area is 139 Å². The number of aromatic nitrogens is 1. The van der Waals surface area contributed by atoms with Crippen LogP contribution in [-0.4, -0.2) is 37.3 Å². The average molecular weight is 353 g/mol. The first kappa shape index (κ1) is 18.0. The van der Waals surface area contributed by atoms with Crippen molar-refractivity contribution in [1.82, 2.24) is 14.2 Å². The van der Waals surface area contributed by atoms with Crippen molar-refractivity contribution >= 4 is 15.9 Å². The number of sulfonamides is 1. The summed E-state index contributed by atoms with van der Waals surface area (Å²) in [5.41, 5.74) is -0.464. The Hall–Kier alpha value is -2.39. The normalized spacial score (nSPS) is 13.0. The molecule has 0 saturated heterocycles. The molecule has 2 aromatic heterocycles. The molecule has 1 amide bonds. The molecule has 2 heterocycles. The van der Waals surface area contributed by atoms with Gasteiger partial charge >= 0.3 is 0 Å². The zero-order valence-corrected chi connectivity index (χ0v) is 14.4. The Morgan fingerprint density at radius 3 is 2.62 bits per heavy atom. The average Bonchev–Trinajstić information content (AvgIpc) is 3.03. The molecule has 0 aliphatic heterocycles. The number of nitrogens with one attached hydrogen (secondary N) is 1. The molecule has 8 nitrogen and oxygen atoms in total. The van der Waals surface area contributed by atoms with Crippen LogP contribution in [0.3, 0.4) is 0 Å². The molecule has 0 aliphatic rings. The highest BCUT2D eigenvalue weighted by Crippen LogP contribution is 2.13. The van der Waals surface area contributed by atoms with Crippen molar-refractivity contribution in [3.8, 4) is 0 Å². The van der Waals surface area contributed by atoms with E-state index in [1.54, 1.807) is 19.1 Å². The Bertz CT molecular complexity index is 869. The van der Waals surface area contributed by atoms with Crippen LogP contribution in [-0.2, 0) is 21.4 Å². The van der Waals surface area contributed by atoms with Gasteiger partial charge in [0.05, 0.1) is 17.2 Å². The van der Waals surface area contributed by atoms with Crippen LogP contribution in [0.5, 0.6) is 0 Å². The number of amides is 1. The van der Waals surface area contributed by atoms with E-state index in [0.29, 0.717) is 5.76 Å². The van der Waals surface area contributed by atoms with Gasteiger partial charge in [-0.05, 0) is 25.1 Å². The van der Waals surface area contributed by atoms with Crippen molar-refractivity contribution < 1.29 is 17.6 Å². The second-order valence-electron chi connectivity index (χ2n) is 5.42. The summed E-state index contributed by atoms with van der Waals surface area (Å²) in [5, 5.41) is 2.69. The fourth-order valence-corrected chi connectivity index (χ4v) is 2.97. The summed E-state index contributed by atoms with van der Waals surface area (Å²) in [5.74, 6) is 0.153. The van der Waals surface area contributed by atoms with Crippen LogP contribution >= 0.6 is 0 Å². The van der Waals surface area contributed by atoms with E-state index in [0.717, 1.165) is 21.1 Å². The number of rotatable bonds is 6. The summed E-state index contributed by atoms with van der Waals surface area (Å²) >= 11 is 0. The molecule has 0 bridgehead atoms. The van der Waals surface area contributed by atoms with Gasteiger partial charge in [-0.2, -0.15) is 0 Å². The van der Waals surface area contributed by atoms with Crippen LogP contribution in [0.25, 0.3) is 0 Å². The lowest BCUT2D eigenvalue weighted by Crippen LogP contribution is -2.34. The molecule has 9 heteroatoms. The lowest BCUT2D eigenvalue weighted by atomic mass is 10.2. The highest BCUT2D eigenvalue weighted by molar-refractivity contribution is 7.89. The standard InChI is InChI=1S/C15H19N3O5S/c1-11(13-5-4-8-23-13)16-14(19)10-18-9-12(6-7-15(18)20)24(21,22)17(2)3/h4-9,11H,10H2,1-3H3,(H,16,19)/t11-/m0/s1. The third-order valence-corrected chi connectivity index (χ3v) is 5.19. The van der Waals surface area contributed by atoms with Crippen molar-refractivity contribution in [3.63, 3.8) is 0 Å². The van der Waals surface area contributed by atoms with Crippen molar-refractivity contribution in [3.05, 3.63) is 52.8 Å². The first-order chi connectivity index (χ1) is 11.2. The van der Waals surface area contributed by atoms with Crippen molar-refractivity contribution in [2.24, 2.45) is 0 Å². The van der Waals surface area contributed by atoms with E-state index in [4.69, 9.17) is 4.42 Å². The van der Waals surface area contributed by atoms with E-state index < -0.39 is 21.5 Å². The summed E-state index contributed by atoms with van der Waals surface area (Å²) in [7, 11) is -0.901. The number of hydrogen-bond donors (Lipinski definition) is 1. The van der Waals surface area contributed by atoms with Crippen molar-refractivity contribution in [2.75, 3.05) is 14.1 Å². The molecule has 0 aliphatic carbocycles. The second kappa shape index (κ2) is 7.02. The molecule has 1 N–H and O–H groups in total. The minimum absolute atomic E-state index is 0.0565. The molecule has 0 unspecified atom stereocenters. The summed E-state index contributed by atoms with van der Waals surface area (Å²) in [6.07, 6.45) is 2.66. The molecule has 130 valence electrons.